The van der Waals surface area contributed by atoms with Crippen molar-refractivity contribution in [1.82, 2.24) is 0 Å². The van der Waals surface area contributed by atoms with Gasteiger partial charge in [0.1, 0.15) is 0 Å². The highest BCUT2D eigenvalue weighted by Crippen LogP contribution is 2.31. The van der Waals surface area contributed by atoms with Crippen LogP contribution in [0.3, 0.4) is 0 Å². The highest BCUT2D eigenvalue weighted by atomic mass is 16.4. The molecular formula is C26H52O2. The number of carboxylic acids is 1. The second-order valence-corrected chi connectivity index (χ2v) is 10.3. The average Bonchev–Trinajstić information content (AvgIpc) is 2.62. The van der Waals surface area contributed by atoms with Crippen LogP contribution in [0.15, 0.2) is 0 Å². The van der Waals surface area contributed by atoms with Crippen molar-refractivity contribution >= 4 is 5.97 Å². The molecule has 2 unspecified atom stereocenters. The van der Waals surface area contributed by atoms with Gasteiger partial charge >= 0.3 is 5.97 Å². The Morgan fingerprint density at radius 1 is 0.679 bits per heavy atom. The van der Waals surface area contributed by atoms with Gasteiger partial charge in [-0.05, 0) is 37.0 Å². The zero-order valence-electron chi connectivity index (χ0n) is 20.0. The summed E-state index contributed by atoms with van der Waals surface area (Å²) in [4.78, 5) is 12.0. The van der Waals surface area contributed by atoms with Gasteiger partial charge in [0.25, 0.3) is 0 Å². The summed E-state index contributed by atoms with van der Waals surface area (Å²) < 4.78 is 0. The molecule has 0 rings (SSSR count). The molecular weight excluding hydrogens is 344 g/mol. The maximum Gasteiger partial charge on any atom is 0.306 e. The Kier molecular flexibility index (Phi) is 17.0. The molecule has 0 aromatic carbocycles. The van der Waals surface area contributed by atoms with Crippen LogP contribution in [-0.2, 0) is 4.79 Å². The first kappa shape index (κ1) is 27.5. The van der Waals surface area contributed by atoms with Crippen LogP contribution < -0.4 is 0 Å². The predicted molar refractivity (Wildman–Crippen MR) is 124 cm³/mol. The lowest BCUT2D eigenvalue weighted by Gasteiger charge is -2.25. The van der Waals surface area contributed by atoms with Gasteiger partial charge in [-0.3, -0.25) is 4.79 Å². The van der Waals surface area contributed by atoms with Crippen molar-refractivity contribution in [2.45, 2.75) is 144 Å². The Balaban J connectivity index is 4.47. The Morgan fingerprint density at radius 3 is 1.57 bits per heavy atom. The third-order valence-electron chi connectivity index (χ3n) is 6.19. The van der Waals surface area contributed by atoms with Crippen LogP contribution in [0.1, 0.15) is 144 Å². The smallest absolute Gasteiger partial charge is 0.306 e. The first-order chi connectivity index (χ1) is 13.3. The monoisotopic (exact) mass is 396 g/mol. The first-order valence-electron chi connectivity index (χ1n) is 12.5. The van der Waals surface area contributed by atoms with Crippen molar-refractivity contribution < 1.29 is 9.90 Å². The molecule has 0 amide bonds. The summed E-state index contributed by atoms with van der Waals surface area (Å²) in [6, 6.07) is 0. The van der Waals surface area contributed by atoms with E-state index in [2.05, 4.69) is 34.6 Å². The van der Waals surface area contributed by atoms with Gasteiger partial charge < -0.3 is 5.11 Å². The van der Waals surface area contributed by atoms with Crippen molar-refractivity contribution in [3.8, 4) is 0 Å². The SMILES string of the molecule is CCCCCCCCCC(CCCCCC)C(CCCCC(C)(C)C)C(=O)O. The number of unbranched alkanes of at least 4 members (excludes halogenated alkanes) is 10. The van der Waals surface area contributed by atoms with Gasteiger partial charge in [-0.1, -0.05) is 118 Å². The number of hydrogen-bond acceptors (Lipinski definition) is 1. The molecule has 168 valence electrons. The lowest BCUT2D eigenvalue weighted by Crippen LogP contribution is -2.24. The molecule has 1 N–H and O–H groups in total. The van der Waals surface area contributed by atoms with Crippen molar-refractivity contribution in [3.63, 3.8) is 0 Å². The fourth-order valence-corrected chi connectivity index (χ4v) is 4.32. The highest BCUT2D eigenvalue weighted by Gasteiger charge is 2.27. The number of aliphatic carboxylic acids is 1. The van der Waals surface area contributed by atoms with E-state index in [0.29, 0.717) is 11.3 Å². The maximum atomic E-state index is 12.0. The van der Waals surface area contributed by atoms with Gasteiger partial charge in [-0.25, -0.2) is 0 Å². The lowest BCUT2D eigenvalue weighted by atomic mass is 9.80. The van der Waals surface area contributed by atoms with Gasteiger partial charge in [0, 0.05) is 0 Å². The van der Waals surface area contributed by atoms with Crippen molar-refractivity contribution in [1.29, 1.82) is 0 Å². The van der Waals surface area contributed by atoms with Crippen LogP contribution in [0.4, 0.5) is 0 Å². The summed E-state index contributed by atoms with van der Waals surface area (Å²) in [6.45, 7) is 11.3. The molecule has 0 heterocycles. The fourth-order valence-electron chi connectivity index (χ4n) is 4.32. The third kappa shape index (κ3) is 16.4. The van der Waals surface area contributed by atoms with Crippen LogP contribution in [-0.4, -0.2) is 11.1 Å². The van der Waals surface area contributed by atoms with E-state index < -0.39 is 5.97 Å². The summed E-state index contributed by atoms with van der Waals surface area (Å²) >= 11 is 0. The van der Waals surface area contributed by atoms with Crippen molar-refractivity contribution in [2.24, 2.45) is 17.3 Å². The van der Waals surface area contributed by atoms with E-state index in [4.69, 9.17) is 0 Å². The molecule has 2 heteroatoms. The molecule has 2 atom stereocenters. The second kappa shape index (κ2) is 17.3. The van der Waals surface area contributed by atoms with Crippen LogP contribution in [0.25, 0.3) is 0 Å². The fraction of sp³-hybridized carbons (Fsp3) is 0.962. The number of hydrogen-bond donors (Lipinski definition) is 1. The summed E-state index contributed by atoms with van der Waals surface area (Å²) in [5.74, 6) is -0.277. The van der Waals surface area contributed by atoms with E-state index in [1.165, 1.54) is 77.0 Å². The molecule has 0 aromatic rings. The quantitative estimate of drug-likeness (QED) is 0.221. The Morgan fingerprint density at radius 2 is 1.11 bits per heavy atom. The predicted octanol–water partition coefficient (Wildman–Crippen LogP) is 9.02. The summed E-state index contributed by atoms with van der Waals surface area (Å²) in [7, 11) is 0. The maximum absolute atomic E-state index is 12.0. The van der Waals surface area contributed by atoms with E-state index in [0.717, 1.165) is 32.1 Å². The third-order valence-corrected chi connectivity index (χ3v) is 6.19. The number of carboxylic acid groups (broad SMARTS) is 1. The van der Waals surface area contributed by atoms with Crippen LogP contribution in [0.5, 0.6) is 0 Å². The van der Waals surface area contributed by atoms with Gasteiger partial charge in [0.05, 0.1) is 5.92 Å². The van der Waals surface area contributed by atoms with E-state index >= 15 is 0 Å². The minimum Gasteiger partial charge on any atom is -0.481 e. The Hall–Kier alpha value is -0.530. The zero-order valence-corrected chi connectivity index (χ0v) is 20.0. The van der Waals surface area contributed by atoms with E-state index in [1.54, 1.807) is 0 Å². The molecule has 0 aliphatic carbocycles. The lowest BCUT2D eigenvalue weighted by molar-refractivity contribution is -0.144. The Bertz CT molecular complexity index is 356. The van der Waals surface area contributed by atoms with E-state index in [1.807, 2.05) is 0 Å². The standard InChI is InChI=1S/C26H52O2/c1-6-8-10-12-13-14-16-20-23(19-15-11-9-7-2)24(25(27)28)21-17-18-22-26(3,4)5/h23-24H,6-22H2,1-5H3,(H,27,28). The molecule has 2 nitrogen and oxygen atoms in total. The molecule has 28 heavy (non-hydrogen) atoms. The molecule has 0 bridgehead atoms. The molecule has 0 saturated carbocycles. The molecule has 0 fully saturated rings. The van der Waals surface area contributed by atoms with Crippen molar-refractivity contribution in [3.05, 3.63) is 0 Å². The van der Waals surface area contributed by atoms with Gasteiger partial charge in [0.2, 0.25) is 0 Å². The minimum atomic E-state index is -0.542. The second-order valence-electron chi connectivity index (χ2n) is 10.3. The van der Waals surface area contributed by atoms with Crippen molar-refractivity contribution in [2.75, 3.05) is 0 Å². The molecule has 0 aliphatic heterocycles. The van der Waals surface area contributed by atoms with Gasteiger partial charge in [-0.15, -0.1) is 0 Å². The first-order valence-corrected chi connectivity index (χ1v) is 12.5. The van der Waals surface area contributed by atoms with Gasteiger partial charge in [0.15, 0.2) is 0 Å². The highest BCUT2D eigenvalue weighted by molar-refractivity contribution is 5.70. The number of carbonyl (C=O) groups is 1. The average molecular weight is 397 g/mol. The Labute approximate surface area is 177 Å². The topological polar surface area (TPSA) is 37.3 Å². The molecule has 0 aromatic heterocycles. The van der Waals surface area contributed by atoms with Crippen LogP contribution in [0.2, 0.25) is 0 Å². The van der Waals surface area contributed by atoms with Crippen LogP contribution in [0, 0.1) is 17.3 Å². The minimum absolute atomic E-state index is 0.123. The molecule has 0 spiro atoms. The molecule has 0 aliphatic rings. The zero-order chi connectivity index (χ0) is 21.3. The van der Waals surface area contributed by atoms with Gasteiger partial charge in [-0.2, -0.15) is 0 Å². The number of rotatable bonds is 19. The van der Waals surface area contributed by atoms with E-state index in [-0.39, 0.29) is 5.92 Å². The van der Waals surface area contributed by atoms with Crippen LogP contribution >= 0.6 is 0 Å². The molecule has 0 radical (unpaired) electrons. The normalized spacial score (nSPS) is 14.2. The molecule has 0 saturated heterocycles. The summed E-state index contributed by atoms with van der Waals surface area (Å²) in [6.07, 6.45) is 20.7. The largest absolute Gasteiger partial charge is 0.481 e. The summed E-state index contributed by atoms with van der Waals surface area (Å²) in [5, 5.41) is 9.91. The van der Waals surface area contributed by atoms with E-state index in [9.17, 15) is 9.90 Å². The summed E-state index contributed by atoms with van der Waals surface area (Å²) in [5.41, 5.74) is 0.357.